The van der Waals surface area contributed by atoms with Gasteiger partial charge in [0, 0.05) is 16.3 Å². The molecule has 0 saturated heterocycles. The molecular weight excluding hydrogens is 341 g/mol. The first kappa shape index (κ1) is 16.0. The Morgan fingerprint density at radius 2 is 2.04 bits per heavy atom. The van der Waals surface area contributed by atoms with Gasteiger partial charge in [-0.3, -0.25) is 14.7 Å². The number of hydrogen-bond donors (Lipinski definition) is 3. The molecule has 0 aliphatic carbocycles. The van der Waals surface area contributed by atoms with E-state index in [0.29, 0.717) is 27.7 Å². The van der Waals surface area contributed by atoms with Crippen LogP contribution in [0.2, 0.25) is 10.0 Å². The first-order chi connectivity index (χ1) is 10.7. The van der Waals surface area contributed by atoms with E-state index in [2.05, 4.69) is 15.5 Å². The lowest BCUT2D eigenvalue weighted by molar-refractivity contribution is -0.133. The highest BCUT2D eigenvalue weighted by Gasteiger charge is 2.48. The third-order valence-corrected chi connectivity index (χ3v) is 4.43. The van der Waals surface area contributed by atoms with Crippen LogP contribution < -0.4 is 5.32 Å². The van der Waals surface area contributed by atoms with E-state index in [4.69, 9.17) is 23.2 Å². The average Bonchev–Trinajstić information content (AvgIpc) is 2.87. The van der Waals surface area contributed by atoms with Gasteiger partial charge in [0.25, 0.3) is 5.91 Å². The number of amides is 1. The molecule has 2 aromatic rings. The van der Waals surface area contributed by atoms with Crippen molar-refractivity contribution in [2.24, 2.45) is 0 Å². The summed E-state index contributed by atoms with van der Waals surface area (Å²) in [5, 5.41) is 20.5. The SMILES string of the molecule is Cc1n[nH]c(C)c1C(=O)C[C@]1(O)C(=O)Nc2cc(Cl)cc(Cl)c21. The number of aromatic nitrogens is 2. The number of aryl methyl sites for hydroxylation is 2. The van der Waals surface area contributed by atoms with Crippen molar-refractivity contribution in [3.05, 3.63) is 44.7 Å². The fourth-order valence-electron chi connectivity index (χ4n) is 2.88. The average molecular weight is 354 g/mol. The molecule has 0 unspecified atom stereocenters. The van der Waals surface area contributed by atoms with E-state index < -0.39 is 23.7 Å². The largest absolute Gasteiger partial charge is 0.375 e. The van der Waals surface area contributed by atoms with Crippen molar-refractivity contribution in [2.75, 3.05) is 5.32 Å². The molecule has 0 fully saturated rings. The summed E-state index contributed by atoms with van der Waals surface area (Å²) in [4.78, 5) is 24.8. The number of aromatic amines is 1. The predicted molar refractivity (Wildman–Crippen MR) is 86.0 cm³/mol. The minimum absolute atomic E-state index is 0.127. The van der Waals surface area contributed by atoms with E-state index in [9.17, 15) is 14.7 Å². The summed E-state index contributed by atoms with van der Waals surface area (Å²) in [7, 11) is 0. The van der Waals surface area contributed by atoms with Gasteiger partial charge >= 0.3 is 0 Å². The van der Waals surface area contributed by atoms with Crippen molar-refractivity contribution in [3.8, 4) is 0 Å². The van der Waals surface area contributed by atoms with Crippen LogP contribution >= 0.6 is 23.2 Å². The topological polar surface area (TPSA) is 95.1 Å². The molecule has 1 aromatic heterocycles. The second kappa shape index (κ2) is 5.33. The number of halogens is 2. The zero-order valence-corrected chi connectivity index (χ0v) is 13.8. The lowest BCUT2D eigenvalue weighted by Crippen LogP contribution is -2.37. The Balaban J connectivity index is 2.04. The summed E-state index contributed by atoms with van der Waals surface area (Å²) in [6.45, 7) is 3.38. The molecule has 1 aromatic carbocycles. The lowest BCUT2D eigenvalue weighted by atomic mass is 9.87. The van der Waals surface area contributed by atoms with Crippen LogP contribution in [0.25, 0.3) is 0 Å². The molecule has 3 rings (SSSR count). The second-order valence-electron chi connectivity index (χ2n) is 5.53. The quantitative estimate of drug-likeness (QED) is 0.739. The van der Waals surface area contributed by atoms with Gasteiger partial charge in [0.15, 0.2) is 11.4 Å². The molecule has 1 amide bonds. The number of H-pyrrole nitrogens is 1. The zero-order chi connectivity index (χ0) is 16.9. The van der Waals surface area contributed by atoms with E-state index in [-0.39, 0.29) is 10.6 Å². The predicted octanol–water partition coefficient (Wildman–Crippen LogP) is 2.75. The van der Waals surface area contributed by atoms with Gasteiger partial charge < -0.3 is 10.4 Å². The van der Waals surface area contributed by atoms with Crippen molar-refractivity contribution in [3.63, 3.8) is 0 Å². The number of carbonyl (C=O) groups excluding carboxylic acids is 2. The standard InChI is InChI=1S/C15H13Cl2N3O3/c1-6-12(7(2)20-19-6)11(21)5-15(23)13-9(17)3-8(16)4-10(13)18-14(15)22/h3-4,23H,5H2,1-2H3,(H,18,22)(H,19,20)/t15-/m1/s1. The van der Waals surface area contributed by atoms with Crippen molar-refractivity contribution in [1.82, 2.24) is 10.2 Å². The van der Waals surface area contributed by atoms with Gasteiger partial charge in [-0.2, -0.15) is 5.10 Å². The first-order valence-corrected chi connectivity index (χ1v) is 7.57. The third kappa shape index (κ3) is 2.43. The molecule has 8 heteroatoms. The van der Waals surface area contributed by atoms with E-state index in [1.54, 1.807) is 13.8 Å². The highest BCUT2D eigenvalue weighted by atomic mass is 35.5. The number of rotatable bonds is 3. The van der Waals surface area contributed by atoms with Gasteiger partial charge in [-0.05, 0) is 26.0 Å². The summed E-state index contributed by atoms with van der Waals surface area (Å²) >= 11 is 12.0. The third-order valence-electron chi connectivity index (χ3n) is 3.92. The Morgan fingerprint density at radius 1 is 1.35 bits per heavy atom. The Labute approximate surface area is 141 Å². The van der Waals surface area contributed by atoms with Crippen LogP contribution in [0, 0.1) is 13.8 Å². The zero-order valence-electron chi connectivity index (χ0n) is 12.3. The molecular formula is C15H13Cl2N3O3. The van der Waals surface area contributed by atoms with E-state index in [1.165, 1.54) is 12.1 Å². The number of Topliss-reactive ketones (excluding diaryl/α,β-unsaturated/α-hetero) is 1. The van der Waals surface area contributed by atoms with Crippen molar-refractivity contribution in [1.29, 1.82) is 0 Å². The van der Waals surface area contributed by atoms with Crippen LogP contribution in [0.3, 0.4) is 0 Å². The van der Waals surface area contributed by atoms with Crippen LogP contribution in [-0.2, 0) is 10.4 Å². The fraction of sp³-hybridized carbons (Fsp3) is 0.267. The molecule has 6 nitrogen and oxygen atoms in total. The minimum atomic E-state index is -2.04. The molecule has 0 saturated carbocycles. The number of anilines is 1. The smallest absolute Gasteiger partial charge is 0.261 e. The van der Waals surface area contributed by atoms with Gasteiger partial charge in [0.1, 0.15) is 0 Å². The molecule has 23 heavy (non-hydrogen) atoms. The molecule has 120 valence electrons. The van der Waals surface area contributed by atoms with Crippen LogP contribution in [0.5, 0.6) is 0 Å². The summed E-state index contributed by atoms with van der Waals surface area (Å²) in [6, 6.07) is 2.91. The van der Waals surface area contributed by atoms with E-state index >= 15 is 0 Å². The number of hydrogen-bond acceptors (Lipinski definition) is 4. The molecule has 1 atom stereocenters. The van der Waals surface area contributed by atoms with Crippen molar-refractivity contribution in [2.45, 2.75) is 25.9 Å². The Hall–Kier alpha value is -1.89. The summed E-state index contributed by atoms with van der Waals surface area (Å²) in [5.41, 5.74) is -0.104. The first-order valence-electron chi connectivity index (χ1n) is 6.82. The monoisotopic (exact) mass is 353 g/mol. The maximum atomic E-state index is 12.6. The Morgan fingerprint density at radius 3 is 2.65 bits per heavy atom. The highest BCUT2D eigenvalue weighted by molar-refractivity contribution is 6.36. The van der Waals surface area contributed by atoms with Gasteiger partial charge in [0.05, 0.1) is 28.4 Å². The number of benzene rings is 1. The summed E-state index contributed by atoms with van der Waals surface area (Å²) < 4.78 is 0. The molecule has 0 radical (unpaired) electrons. The number of fused-ring (bicyclic) bond motifs is 1. The van der Waals surface area contributed by atoms with Crippen LogP contribution in [0.1, 0.15) is 33.7 Å². The van der Waals surface area contributed by atoms with E-state index in [0.717, 1.165) is 0 Å². The number of nitrogens with one attached hydrogen (secondary N) is 2. The van der Waals surface area contributed by atoms with Crippen molar-refractivity contribution >= 4 is 40.6 Å². The summed E-state index contributed by atoms with van der Waals surface area (Å²) in [6.07, 6.45) is -0.436. The highest BCUT2D eigenvalue weighted by Crippen LogP contribution is 2.44. The van der Waals surface area contributed by atoms with Crippen LogP contribution in [0.4, 0.5) is 5.69 Å². The minimum Gasteiger partial charge on any atom is -0.375 e. The Bertz CT molecular complexity index is 827. The number of nitrogens with zero attached hydrogens (tertiary/aromatic N) is 1. The van der Waals surface area contributed by atoms with Crippen molar-refractivity contribution < 1.29 is 14.7 Å². The number of ketones is 1. The lowest BCUT2D eigenvalue weighted by Gasteiger charge is -2.21. The molecule has 0 bridgehead atoms. The molecule has 1 aliphatic rings. The molecule has 2 heterocycles. The Kier molecular flexibility index (Phi) is 3.71. The molecule has 1 aliphatic heterocycles. The normalized spacial score (nSPS) is 19.6. The number of carbonyl (C=O) groups is 2. The number of aliphatic hydroxyl groups is 1. The van der Waals surface area contributed by atoms with E-state index in [1.807, 2.05) is 0 Å². The maximum Gasteiger partial charge on any atom is 0.261 e. The maximum absolute atomic E-state index is 12.6. The molecule has 3 N–H and O–H groups in total. The van der Waals surface area contributed by atoms with Gasteiger partial charge in [-0.25, -0.2) is 0 Å². The van der Waals surface area contributed by atoms with Crippen LogP contribution in [-0.4, -0.2) is 27.0 Å². The second-order valence-corrected chi connectivity index (χ2v) is 6.38. The van der Waals surface area contributed by atoms with Gasteiger partial charge in [0.2, 0.25) is 0 Å². The summed E-state index contributed by atoms with van der Waals surface area (Å²) in [5.74, 6) is -1.10. The van der Waals surface area contributed by atoms with Gasteiger partial charge in [-0.1, -0.05) is 23.2 Å². The van der Waals surface area contributed by atoms with Gasteiger partial charge in [-0.15, -0.1) is 0 Å². The van der Waals surface area contributed by atoms with Crippen LogP contribution in [0.15, 0.2) is 12.1 Å². The fourth-order valence-corrected chi connectivity index (χ4v) is 3.53. The molecule has 0 spiro atoms.